The monoisotopic (exact) mass is 394 g/mol. The van der Waals surface area contributed by atoms with E-state index in [-0.39, 0.29) is 0 Å². The van der Waals surface area contributed by atoms with E-state index in [1.807, 2.05) is 0 Å². The topological polar surface area (TPSA) is 29.5 Å². The van der Waals surface area contributed by atoms with Crippen LogP contribution in [0.2, 0.25) is 15.1 Å². The summed E-state index contributed by atoms with van der Waals surface area (Å²) in [5.41, 5.74) is 1.02. The van der Waals surface area contributed by atoms with Crippen LogP contribution in [0.25, 0.3) is 0 Å². The predicted octanol–water partition coefficient (Wildman–Crippen LogP) is 5.50. The van der Waals surface area contributed by atoms with Crippen LogP contribution in [0.1, 0.15) is 17.2 Å². The van der Waals surface area contributed by atoms with Crippen molar-refractivity contribution in [2.45, 2.75) is 6.10 Å². The van der Waals surface area contributed by atoms with Gasteiger partial charge >= 0.3 is 0 Å². The van der Waals surface area contributed by atoms with Gasteiger partial charge in [-0.1, -0.05) is 50.7 Å². The third-order valence-electron chi connectivity index (χ3n) is 2.82. The summed E-state index contributed by atoms with van der Waals surface area (Å²) >= 11 is 21.7. The molecular formula is C14H10BrCl3O2. The van der Waals surface area contributed by atoms with Gasteiger partial charge in [-0.2, -0.15) is 0 Å². The highest BCUT2D eigenvalue weighted by molar-refractivity contribution is 9.10. The number of rotatable bonds is 3. The molecule has 2 aromatic rings. The molecule has 0 bridgehead atoms. The van der Waals surface area contributed by atoms with Gasteiger partial charge in [0.25, 0.3) is 0 Å². The quantitative estimate of drug-likeness (QED) is 0.742. The summed E-state index contributed by atoms with van der Waals surface area (Å²) in [6.07, 6.45) is -0.976. The molecule has 0 aliphatic rings. The maximum atomic E-state index is 10.5. The van der Waals surface area contributed by atoms with Crippen molar-refractivity contribution < 1.29 is 9.84 Å². The standard InChI is InChI=1S/C14H10BrCl3O2/c1-20-13-6-11(17)9(5-12(13)18)14(19)8-4-7(15)2-3-10(8)16/h2-6,14,19H,1H3. The number of hydrogen-bond acceptors (Lipinski definition) is 2. The molecule has 0 radical (unpaired) electrons. The molecule has 2 rings (SSSR count). The Morgan fingerprint density at radius 3 is 2.30 bits per heavy atom. The van der Waals surface area contributed by atoms with Gasteiger partial charge in [-0.15, -0.1) is 0 Å². The van der Waals surface area contributed by atoms with Crippen LogP contribution in [0.4, 0.5) is 0 Å². The molecule has 2 nitrogen and oxygen atoms in total. The fraction of sp³-hybridized carbons (Fsp3) is 0.143. The summed E-state index contributed by atoms with van der Waals surface area (Å²) in [6.45, 7) is 0. The van der Waals surface area contributed by atoms with E-state index >= 15 is 0 Å². The van der Waals surface area contributed by atoms with Gasteiger partial charge in [-0.3, -0.25) is 0 Å². The first kappa shape index (κ1) is 15.9. The van der Waals surface area contributed by atoms with Crippen molar-refractivity contribution in [1.29, 1.82) is 0 Å². The fourth-order valence-corrected chi connectivity index (χ4v) is 2.91. The summed E-state index contributed by atoms with van der Waals surface area (Å²) in [5, 5.41) is 11.7. The Balaban J connectivity index is 2.50. The van der Waals surface area contributed by atoms with Gasteiger partial charge < -0.3 is 9.84 Å². The zero-order valence-electron chi connectivity index (χ0n) is 10.3. The molecule has 0 spiro atoms. The Hall–Kier alpha value is -0.450. The van der Waals surface area contributed by atoms with E-state index < -0.39 is 6.10 Å². The number of aliphatic hydroxyl groups is 1. The van der Waals surface area contributed by atoms with Crippen molar-refractivity contribution >= 4 is 50.7 Å². The number of hydrogen-bond donors (Lipinski definition) is 1. The lowest BCUT2D eigenvalue weighted by molar-refractivity contribution is 0.220. The highest BCUT2D eigenvalue weighted by Gasteiger charge is 2.19. The molecule has 1 atom stereocenters. The van der Waals surface area contributed by atoms with Crippen LogP contribution >= 0.6 is 50.7 Å². The zero-order valence-corrected chi connectivity index (χ0v) is 14.2. The van der Waals surface area contributed by atoms with Crippen LogP contribution in [-0.4, -0.2) is 12.2 Å². The Kier molecular flexibility index (Phi) is 5.21. The molecule has 0 fully saturated rings. The molecule has 0 saturated heterocycles. The minimum absolute atomic E-state index is 0.356. The first-order valence-corrected chi connectivity index (χ1v) is 7.52. The minimum Gasteiger partial charge on any atom is -0.495 e. The molecule has 2 aromatic carbocycles. The second-order valence-corrected chi connectivity index (χ2v) is 6.21. The predicted molar refractivity (Wildman–Crippen MR) is 86.2 cm³/mol. The lowest BCUT2D eigenvalue weighted by atomic mass is 10.0. The van der Waals surface area contributed by atoms with Gasteiger partial charge in [-0.05, 0) is 24.3 Å². The number of ether oxygens (including phenoxy) is 1. The zero-order chi connectivity index (χ0) is 14.9. The lowest BCUT2D eigenvalue weighted by Gasteiger charge is -2.16. The van der Waals surface area contributed by atoms with Crippen LogP contribution in [0, 0.1) is 0 Å². The molecule has 20 heavy (non-hydrogen) atoms. The Morgan fingerprint density at radius 2 is 1.65 bits per heavy atom. The molecule has 1 N–H and O–H groups in total. The summed E-state index contributed by atoms with van der Waals surface area (Å²) in [7, 11) is 1.50. The Morgan fingerprint density at radius 1 is 1.00 bits per heavy atom. The number of aliphatic hydroxyl groups excluding tert-OH is 1. The van der Waals surface area contributed by atoms with Crippen molar-refractivity contribution in [3.05, 3.63) is 61.0 Å². The molecule has 106 valence electrons. The van der Waals surface area contributed by atoms with Gasteiger partial charge in [0, 0.05) is 26.7 Å². The second-order valence-electron chi connectivity index (χ2n) is 4.08. The Bertz CT molecular complexity index is 647. The van der Waals surface area contributed by atoms with E-state index in [1.165, 1.54) is 7.11 Å². The molecule has 1 unspecified atom stereocenters. The van der Waals surface area contributed by atoms with Crippen molar-refractivity contribution in [2.24, 2.45) is 0 Å². The van der Waals surface area contributed by atoms with Gasteiger partial charge in [0.2, 0.25) is 0 Å². The molecule has 0 saturated carbocycles. The first-order chi connectivity index (χ1) is 9.43. The average Bonchev–Trinajstić information content (AvgIpc) is 2.42. The highest BCUT2D eigenvalue weighted by atomic mass is 79.9. The highest BCUT2D eigenvalue weighted by Crippen LogP contribution is 2.38. The summed E-state index contributed by atoms with van der Waals surface area (Å²) in [5.74, 6) is 0.452. The number of halogens is 4. The Labute approximate surface area is 140 Å². The third-order valence-corrected chi connectivity index (χ3v) is 4.28. The van der Waals surface area contributed by atoms with Gasteiger partial charge in [-0.25, -0.2) is 0 Å². The minimum atomic E-state index is -0.976. The molecule has 0 aliphatic carbocycles. The molecule has 0 aromatic heterocycles. The summed E-state index contributed by atoms with van der Waals surface area (Å²) in [4.78, 5) is 0. The third kappa shape index (κ3) is 3.23. The van der Waals surface area contributed by atoms with Gasteiger partial charge in [0.05, 0.1) is 17.2 Å². The van der Waals surface area contributed by atoms with Crippen molar-refractivity contribution in [1.82, 2.24) is 0 Å². The van der Waals surface area contributed by atoms with Crippen molar-refractivity contribution in [3.63, 3.8) is 0 Å². The maximum Gasteiger partial charge on any atom is 0.138 e. The molecular weight excluding hydrogens is 386 g/mol. The number of benzene rings is 2. The van der Waals surface area contributed by atoms with E-state index in [4.69, 9.17) is 39.5 Å². The smallest absolute Gasteiger partial charge is 0.138 e. The van der Waals surface area contributed by atoms with Crippen molar-refractivity contribution in [2.75, 3.05) is 7.11 Å². The SMILES string of the molecule is COc1cc(Cl)c(C(O)c2cc(Br)ccc2Cl)cc1Cl. The van der Waals surface area contributed by atoms with Crippen LogP contribution in [-0.2, 0) is 0 Å². The van der Waals surface area contributed by atoms with Gasteiger partial charge in [0.1, 0.15) is 11.9 Å². The van der Waals surface area contributed by atoms with Crippen LogP contribution in [0.15, 0.2) is 34.8 Å². The van der Waals surface area contributed by atoms with E-state index in [2.05, 4.69) is 15.9 Å². The van der Waals surface area contributed by atoms with Gasteiger partial charge in [0.15, 0.2) is 0 Å². The second kappa shape index (κ2) is 6.54. The summed E-state index contributed by atoms with van der Waals surface area (Å²) < 4.78 is 5.89. The summed E-state index contributed by atoms with van der Waals surface area (Å²) in [6, 6.07) is 8.37. The van der Waals surface area contributed by atoms with Crippen LogP contribution in [0.5, 0.6) is 5.75 Å². The normalized spacial score (nSPS) is 12.3. The van der Waals surface area contributed by atoms with E-state index in [0.29, 0.717) is 31.9 Å². The largest absolute Gasteiger partial charge is 0.495 e. The van der Waals surface area contributed by atoms with Crippen LogP contribution in [0.3, 0.4) is 0 Å². The first-order valence-electron chi connectivity index (χ1n) is 5.60. The van der Waals surface area contributed by atoms with E-state index in [1.54, 1.807) is 30.3 Å². The van der Waals surface area contributed by atoms with E-state index in [9.17, 15) is 5.11 Å². The number of methoxy groups -OCH3 is 1. The average molecular weight is 396 g/mol. The molecule has 6 heteroatoms. The molecule has 0 amide bonds. The van der Waals surface area contributed by atoms with Crippen molar-refractivity contribution in [3.8, 4) is 5.75 Å². The van der Waals surface area contributed by atoms with E-state index in [0.717, 1.165) is 4.47 Å². The fourth-order valence-electron chi connectivity index (χ4n) is 1.80. The lowest BCUT2D eigenvalue weighted by Crippen LogP contribution is -2.02. The molecule has 0 heterocycles. The maximum absolute atomic E-state index is 10.5. The molecule has 0 aliphatic heterocycles. The van der Waals surface area contributed by atoms with Crippen LogP contribution < -0.4 is 4.74 Å².